The van der Waals surface area contributed by atoms with Gasteiger partial charge < -0.3 is 10.0 Å². The first-order valence-electron chi connectivity index (χ1n) is 13.8. The molecule has 2 atom stereocenters. The van der Waals surface area contributed by atoms with Gasteiger partial charge in [0.1, 0.15) is 6.29 Å². The molecule has 3 aromatic carbocycles. The highest BCUT2D eigenvalue weighted by molar-refractivity contribution is 7.99. The first kappa shape index (κ1) is 28.5. The fourth-order valence-electron chi connectivity index (χ4n) is 6.11. The molecule has 0 bridgehead atoms. The number of likely N-dealkylation sites (tertiary alicyclic amines) is 1. The van der Waals surface area contributed by atoms with Crippen molar-refractivity contribution >= 4 is 46.9 Å². The minimum Gasteiger partial charge on any atom is -0.385 e. The Morgan fingerprint density at radius 1 is 0.949 bits per heavy atom. The molecular weight excluding hydrogens is 547 g/mol. The Labute approximate surface area is 246 Å². The van der Waals surface area contributed by atoms with Crippen LogP contribution in [0.5, 0.6) is 0 Å². The second-order valence-electron chi connectivity index (χ2n) is 10.8. The lowest BCUT2D eigenvalue weighted by molar-refractivity contribution is -0.0216. The molecule has 0 saturated carbocycles. The molecule has 2 fully saturated rings. The van der Waals surface area contributed by atoms with Crippen molar-refractivity contribution in [2.75, 3.05) is 36.2 Å². The average Bonchev–Trinajstić information content (AvgIpc) is 2.98. The fraction of sp³-hybridized carbons (Fsp3) is 0.406. The Kier molecular flexibility index (Phi) is 9.57. The number of piperidine rings is 2. The van der Waals surface area contributed by atoms with Gasteiger partial charge in [0.2, 0.25) is 0 Å². The third-order valence-corrected chi connectivity index (χ3v) is 10.1. The number of hydrogen-bond acceptors (Lipinski definition) is 5. The molecule has 2 saturated heterocycles. The van der Waals surface area contributed by atoms with E-state index in [0.29, 0.717) is 21.5 Å². The Bertz CT molecular complexity index is 1250. The van der Waals surface area contributed by atoms with Crippen molar-refractivity contribution in [3.05, 3.63) is 99.5 Å². The van der Waals surface area contributed by atoms with Gasteiger partial charge in [-0.1, -0.05) is 71.7 Å². The normalized spacial score (nSPS) is 21.6. The van der Waals surface area contributed by atoms with Gasteiger partial charge in [-0.15, -0.1) is 11.8 Å². The van der Waals surface area contributed by atoms with E-state index in [4.69, 9.17) is 23.2 Å². The molecule has 5 rings (SSSR count). The Morgan fingerprint density at radius 2 is 1.74 bits per heavy atom. The summed E-state index contributed by atoms with van der Waals surface area (Å²) < 4.78 is 0. The average molecular weight is 584 g/mol. The molecule has 2 aliphatic heterocycles. The Hall–Kier alpha value is -2.02. The molecule has 7 heteroatoms. The van der Waals surface area contributed by atoms with Crippen LogP contribution in [0, 0.1) is 5.92 Å². The number of thioether (sulfide) groups is 1. The van der Waals surface area contributed by atoms with E-state index in [2.05, 4.69) is 21.9 Å². The van der Waals surface area contributed by atoms with Gasteiger partial charge in [0.25, 0.3) is 0 Å². The number of aliphatic hydroxyl groups is 1. The minimum absolute atomic E-state index is 0.173. The van der Waals surface area contributed by atoms with Gasteiger partial charge in [-0.05, 0) is 79.2 Å². The first-order chi connectivity index (χ1) is 19.0. The predicted molar refractivity (Wildman–Crippen MR) is 164 cm³/mol. The number of hydrogen-bond donors (Lipinski definition) is 1. The SMILES string of the molecule is O=Cc1cccc(N2CCCC(CCSCN3CCC(O)(c4ccccc4)CC3)C2c2ccc(Cl)c(Cl)c2)c1. The van der Waals surface area contributed by atoms with Crippen LogP contribution in [0.3, 0.4) is 0 Å². The maximum atomic E-state index is 11.5. The van der Waals surface area contributed by atoms with Crippen molar-refractivity contribution in [2.45, 2.75) is 43.7 Å². The van der Waals surface area contributed by atoms with E-state index in [1.54, 1.807) is 0 Å². The van der Waals surface area contributed by atoms with Gasteiger partial charge in [0.15, 0.2) is 0 Å². The van der Waals surface area contributed by atoms with Crippen LogP contribution in [0.2, 0.25) is 10.0 Å². The quantitative estimate of drug-likeness (QED) is 0.206. The van der Waals surface area contributed by atoms with Crippen LogP contribution in [0.4, 0.5) is 5.69 Å². The summed E-state index contributed by atoms with van der Waals surface area (Å²) in [4.78, 5) is 16.4. The second kappa shape index (κ2) is 13.1. The summed E-state index contributed by atoms with van der Waals surface area (Å²) in [6.07, 6.45) is 5.83. The van der Waals surface area contributed by atoms with E-state index in [0.717, 1.165) is 80.9 Å². The molecule has 3 aromatic rings. The van der Waals surface area contributed by atoms with Gasteiger partial charge in [-0.25, -0.2) is 0 Å². The van der Waals surface area contributed by atoms with Crippen LogP contribution in [0.1, 0.15) is 59.6 Å². The smallest absolute Gasteiger partial charge is 0.150 e. The van der Waals surface area contributed by atoms with Crippen LogP contribution in [-0.2, 0) is 5.60 Å². The molecule has 0 spiro atoms. The highest BCUT2D eigenvalue weighted by atomic mass is 35.5. The number of carbonyl (C=O) groups is 1. The summed E-state index contributed by atoms with van der Waals surface area (Å²) in [5.41, 5.74) is 3.27. The molecule has 1 N–H and O–H groups in total. The number of carbonyl (C=O) groups excluding carboxylic acids is 1. The molecule has 0 amide bonds. The van der Waals surface area contributed by atoms with Gasteiger partial charge in [0, 0.05) is 36.8 Å². The summed E-state index contributed by atoms with van der Waals surface area (Å²) in [5, 5.41) is 12.3. The van der Waals surface area contributed by atoms with Crippen molar-refractivity contribution in [2.24, 2.45) is 5.92 Å². The van der Waals surface area contributed by atoms with Crippen molar-refractivity contribution in [3.63, 3.8) is 0 Å². The van der Waals surface area contributed by atoms with Crippen molar-refractivity contribution in [1.29, 1.82) is 0 Å². The minimum atomic E-state index is -0.706. The molecule has 4 nitrogen and oxygen atoms in total. The topological polar surface area (TPSA) is 43.8 Å². The predicted octanol–water partition coefficient (Wildman–Crippen LogP) is 7.83. The van der Waals surface area contributed by atoms with Crippen LogP contribution in [-0.4, -0.2) is 47.6 Å². The monoisotopic (exact) mass is 582 g/mol. The molecule has 2 unspecified atom stereocenters. The van der Waals surface area contributed by atoms with Gasteiger partial charge in [0.05, 0.1) is 21.7 Å². The third kappa shape index (κ3) is 6.83. The lowest BCUT2D eigenvalue weighted by atomic mass is 9.82. The number of aldehydes is 1. The highest BCUT2D eigenvalue weighted by Crippen LogP contribution is 2.43. The molecular formula is C32H36Cl2N2O2S. The zero-order valence-corrected chi connectivity index (χ0v) is 24.5. The van der Waals surface area contributed by atoms with E-state index >= 15 is 0 Å². The molecule has 206 valence electrons. The van der Waals surface area contributed by atoms with E-state index in [9.17, 15) is 9.90 Å². The third-order valence-electron chi connectivity index (χ3n) is 8.28. The molecule has 0 aromatic heterocycles. The number of benzene rings is 3. The molecule has 39 heavy (non-hydrogen) atoms. The van der Waals surface area contributed by atoms with Crippen LogP contribution < -0.4 is 4.90 Å². The molecule has 0 radical (unpaired) electrons. The summed E-state index contributed by atoms with van der Waals surface area (Å²) >= 11 is 14.7. The Balaban J connectivity index is 1.22. The largest absolute Gasteiger partial charge is 0.385 e. The number of halogens is 2. The van der Waals surface area contributed by atoms with E-state index in [-0.39, 0.29) is 6.04 Å². The van der Waals surface area contributed by atoms with E-state index in [1.807, 2.05) is 72.4 Å². The second-order valence-corrected chi connectivity index (χ2v) is 12.7. The lowest BCUT2D eigenvalue weighted by Crippen LogP contribution is -2.42. The van der Waals surface area contributed by atoms with Crippen LogP contribution in [0.25, 0.3) is 0 Å². The lowest BCUT2D eigenvalue weighted by Gasteiger charge is -2.43. The van der Waals surface area contributed by atoms with Crippen LogP contribution in [0.15, 0.2) is 72.8 Å². The maximum absolute atomic E-state index is 11.5. The van der Waals surface area contributed by atoms with E-state index < -0.39 is 5.60 Å². The van der Waals surface area contributed by atoms with Gasteiger partial charge >= 0.3 is 0 Å². The van der Waals surface area contributed by atoms with Crippen LogP contribution >= 0.6 is 35.0 Å². The standard InChI is InChI=1S/C32H36Cl2N2O2S/c33-29-12-11-26(21-30(29)34)31-25(7-5-16-36(31)28-10-4-6-24(20-28)22-37)13-19-39-23-35-17-14-32(38,15-18-35)27-8-2-1-3-9-27/h1-4,6,8-12,20-22,25,31,38H,5,7,13-19,23H2. The summed E-state index contributed by atoms with van der Waals surface area (Å²) in [6.45, 7) is 2.76. The van der Waals surface area contributed by atoms with Crippen molar-refractivity contribution < 1.29 is 9.90 Å². The Morgan fingerprint density at radius 3 is 2.49 bits per heavy atom. The number of rotatable bonds is 9. The zero-order chi connectivity index (χ0) is 27.2. The number of nitrogens with zero attached hydrogens (tertiary/aromatic N) is 2. The summed E-state index contributed by atoms with van der Waals surface area (Å²) in [7, 11) is 0. The molecule has 2 aliphatic rings. The summed E-state index contributed by atoms with van der Waals surface area (Å²) in [5.74, 6) is 2.53. The van der Waals surface area contributed by atoms with Gasteiger partial charge in [-0.2, -0.15) is 0 Å². The maximum Gasteiger partial charge on any atom is 0.150 e. The fourth-order valence-corrected chi connectivity index (χ4v) is 7.53. The van der Waals surface area contributed by atoms with Crippen molar-refractivity contribution in [1.82, 2.24) is 4.90 Å². The number of anilines is 1. The first-order valence-corrected chi connectivity index (χ1v) is 15.7. The highest BCUT2D eigenvalue weighted by Gasteiger charge is 2.35. The zero-order valence-electron chi connectivity index (χ0n) is 22.1. The summed E-state index contributed by atoms with van der Waals surface area (Å²) in [6, 6.07) is 24.2. The van der Waals surface area contributed by atoms with Gasteiger partial charge in [-0.3, -0.25) is 9.69 Å². The molecule has 2 heterocycles. The molecule has 0 aliphatic carbocycles. The van der Waals surface area contributed by atoms with Crippen molar-refractivity contribution in [3.8, 4) is 0 Å². The van der Waals surface area contributed by atoms with E-state index in [1.165, 1.54) is 5.56 Å².